The van der Waals surface area contributed by atoms with Crippen LogP contribution in [-0.2, 0) is 20.6 Å². The molecule has 0 radical (unpaired) electrons. The molecule has 0 unspecified atom stereocenters. The molecule has 2 aromatic rings. The number of imidazole rings is 1. The van der Waals surface area contributed by atoms with Gasteiger partial charge in [-0.05, 0) is 6.92 Å². The Hall–Kier alpha value is -1.85. The summed E-state index contributed by atoms with van der Waals surface area (Å²) in [5.74, 6) is 0. The van der Waals surface area contributed by atoms with Crippen molar-refractivity contribution in [2.75, 3.05) is 0 Å². The maximum atomic E-state index is 11.8. The van der Waals surface area contributed by atoms with E-state index >= 15 is 0 Å². The Morgan fingerprint density at radius 3 is 2.60 bits per heavy atom. The molecule has 2 rings (SSSR count). The van der Waals surface area contributed by atoms with E-state index < -0.39 is 0 Å². The summed E-state index contributed by atoms with van der Waals surface area (Å²) in [7, 11) is 3.21. The smallest absolute Gasteiger partial charge is 0.328 e. The van der Waals surface area contributed by atoms with Gasteiger partial charge >= 0.3 is 5.69 Å². The molecular formula is C9H12N4O2. The van der Waals surface area contributed by atoms with Crippen molar-refractivity contribution in [3.05, 3.63) is 27.2 Å². The topological polar surface area (TPSA) is 61.8 Å². The van der Waals surface area contributed by atoms with Crippen molar-refractivity contribution in [3.63, 3.8) is 0 Å². The molecule has 0 atom stereocenters. The van der Waals surface area contributed by atoms with Crippen LogP contribution in [0.4, 0.5) is 0 Å². The monoisotopic (exact) mass is 208 g/mol. The summed E-state index contributed by atoms with van der Waals surface area (Å²) in [6.07, 6.45) is 1.54. The lowest BCUT2D eigenvalue weighted by atomic mass is 10.5. The lowest BCUT2D eigenvalue weighted by Gasteiger charge is -2.05. The Labute approximate surface area is 85.4 Å². The molecule has 0 N–H and O–H groups in total. The van der Waals surface area contributed by atoms with E-state index in [1.54, 1.807) is 11.6 Å². The highest BCUT2D eigenvalue weighted by Gasteiger charge is 2.13. The third-order valence-corrected chi connectivity index (χ3v) is 2.51. The molecule has 0 spiro atoms. The summed E-state index contributed by atoms with van der Waals surface area (Å²) in [6.45, 7) is 2.35. The van der Waals surface area contributed by atoms with Gasteiger partial charge in [0.1, 0.15) is 0 Å². The van der Waals surface area contributed by atoms with Gasteiger partial charge in [-0.3, -0.25) is 13.9 Å². The number of rotatable bonds is 1. The standard InChI is InChI=1S/C9H12N4O2/c1-4-13-7-6(11(2)5-10-7)8(14)12(3)9(13)15/h5H,4H2,1-3H3. The zero-order valence-corrected chi connectivity index (χ0v) is 8.89. The fourth-order valence-corrected chi connectivity index (χ4v) is 1.66. The predicted octanol–water partition coefficient (Wildman–Crippen LogP) is -0.546. The maximum absolute atomic E-state index is 11.8. The van der Waals surface area contributed by atoms with Crippen LogP contribution in [0.25, 0.3) is 11.2 Å². The maximum Gasteiger partial charge on any atom is 0.332 e. The zero-order valence-electron chi connectivity index (χ0n) is 8.89. The van der Waals surface area contributed by atoms with Crippen LogP contribution in [0.3, 0.4) is 0 Å². The lowest BCUT2D eigenvalue weighted by Crippen LogP contribution is -2.38. The van der Waals surface area contributed by atoms with E-state index in [0.29, 0.717) is 17.7 Å². The number of aromatic nitrogens is 4. The molecule has 0 bridgehead atoms. The van der Waals surface area contributed by atoms with Gasteiger partial charge in [-0.2, -0.15) is 0 Å². The first-order valence-electron chi connectivity index (χ1n) is 4.68. The van der Waals surface area contributed by atoms with Crippen LogP contribution in [0.15, 0.2) is 15.9 Å². The van der Waals surface area contributed by atoms with E-state index in [1.807, 2.05) is 6.92 Å². The van der Waals surface area contributed by atoms with Crippen LogP contribution in [0.1, 0.15) is 6.92 Å². The second-order valence-corrected chi connectivity index (χ2v) is 3.42. The van der Waals surface area contributed by atoms with Gasteiger partial charge in [0.15, 0.2) is 11.2 Å². The van der Waals surface area contributed by atoms with Gasteiger partial charge in [0.2, 0.25) is 0 Å². The fourth-order valence-electron chi connectivity index (χ4n) is 1.66. The highest BCUT2D eigenvalue weighted by molar-refractivity contribution is 5.69. The number of hydrogen-bond donors (Lipinski definition) is 0. The van der Waals surface area contributed by atoms with E-state index in [0.717, 1.165) is 4.57 Å². The second kappa shape index (κ2) is 3.08. The Bertz CT molecular complexity index is 632. The van der Waals surface area contributed by atoms with Crippen molar-refractivity contribution in [3.8, 4) is 0 Å². The highest BCUT2D eigenvalue weighted by Crippen LogP contribution is 2.03. The first-order chi connectivity index (χ1) is 7.07. The van der Waals surface area contributed by atoms with Gasteiger partial charge in [-0.15, -0.1) is 0 Å². The molecule has 0 aliphatic carbocycles. The Kier molecular flexibility index (Phi) is 1.99. The molecule has 2 aromatic heterocycles. The largest absolute Gasteiger partial charge is 0.332 e. The molecule has 0 fully saturated rings. The Balaban J connectivity index is 3.14. The van der Waals surface area contributed by atoms with Gasteiger partial charge < -0.3 is 4.57 Å². The van der Waals surface area contributed by atoms with Crippen LogP contribution in [-0.4, -0.2) is 18.7 Å². The van der Waals surface area contributed by atoms with E-state index in [4.69, 9.17) is 0 Å². The molecule has 0 saturated carbocycles. The third kappa shape index (κ3) is 1.14. The predicted molar refractivity (Wildman–Crippen MR) is 55.9 cm³/mol. The SMILES string of the molecule is CCn1c(=O)n(C)c(=O)c2c1ncn2C. The van der Waals surface area contributed by atoms with Crippen molar-refractivity contribution >= 4 is 11.2 Å². The lowest BCUT2D eigenvalue weighted by molar-refractivity contribution is 0.651. The molecule has 0 aromatic carbocycles. The van der Waals surface area contributed by atoms with Crippen LogP contribution in [0.5, 0.6) is 0 Å². The van der Waals surface area contributed by atoms with Crippen molar-refractivity contribution in [1.29, 1.82) is 0 Å². The zero-order chi connectivity index (χ0) is 11.2. The minimum atomic E-state index is -0.325. The van der Waals surface area contributed by atoms with Crippen molar-refractivity contribution in [2.24, 2.45) is 14.1 Å². The van der Waals surface area contributed by atoms with Gasteiger partial charge in [0, 0.05) is 20.6 Å². The average molecular weight is 208 g/mol. The molecule has 0 aliphatic rings. The summed E-state index contributed by atoms with van der Waals surface area (Å²) in [5.41, 5.74) is 0.278. The van der Waals surface area contributed by atoms with Gasteiger partial charge in [0.25, 0.3) is 5.56 Å². The molecule has 15 heavy (non-hydrogen) atoms. The molecule has 2 heterocycles. The van der Waals surface area contributed by atoms with E-state index in [-0.39, 0.29) is 11.2 Å². The average Bonchev–Trinajstić information content (AvgIpc) is 2.58. The number of nitrogens with zero attached hydrogens (tertiary/aromatic N) is 4. The first kappa shape index (κ1) is 9.70. The van der Waals surface area contributed by atoms with Crippen LogP contribution in [0, 0.1) is 0 Å². The highest BCUT2D eigenvalue weighted by atomic mass is 16.2. The third-order valence-electron chi connectivity index (χ3n) is 2.51. The minimum Gasteiger partial charge on any atom is -0.328 e. The molecule has 6 nitrogen and oxygen atoms in total. The van der Waals surface area contributed by atoms with Gasteiger partial charge in [-0.1, -0.05) is 0 Å². The number of fused-ring (bicyclic) bond motifs is 1. The molecule has 0 aliphatic heterocycles. The van der Waals surface area contributed by atoms with Gasteiger partial charge in [0.05, 0.1) is 6.33 Å². The van der Waals surface area contributed by atoms with E-state index in [1.165, 1.54) is 17.9 Å². The number of hydrogen-bond acceptors (Lipinski definition) is 3. The summed E-state index contributed by atoms with van der Waals surface area (Å²) in [4.78, 5) is 27.6. The van der Waals surface area contributed by atoms with Crippen molar-refractivity contribution in [1.82, 2.24) is 18.7 Å². The summed E-state index contributed by atoms with van der Waals surface area (Å²) < 4.78 is 4.22. The van der Waals surface area contributed by atoms with E-state index in [9.17, 15) is 9.59 Å². The van der Waals surface area contributed by atoms with E-state index in [2.05, 4.69) is 4.98 Å². The van der Waals surface area contributed by atoms with Crippen LogP contribution in [0.2, 0.25) is 0 Å². The number of aryl methyl sites for hydroxylation is 2. The summed E-state index contributed by atoms with van der Waals surface area (Å²) in [6, 6.07) is 0. The first-order valence-corrected chi connectivity index (χ1v) is 4.68. The molecule has 0 saturated heterocycles. The normalized spacial score (nSPS) is 11.1. The second-order valence-electron chi connectivity index (χ2n) is 3.42. The van der Waals surface area contributed by atoms with Crippen molar-refractivity contribution in [2.45, 2.75) is 13.5 Å². The molecular weight excluding hydrogens is 196 g/mol. The molecule has 6 heteroatoms. The molecule has 80 valence electrons. The van der Waals surface area contributed by atoms with Crippen LogP contribution < -0.4 is 11.2 Å². The minimum absolute atomic E-state index is 0.306. The summed E-state index contributed by atoms with van der Waals surface area (Å²) in [5, 5.41) is 0. The van der Waals surface area contributed by atoms with Gasteiger partial charge in [-0.25, -0.2) is 9.78 Å². The Morgan fingerprint density at radius 1 is 1.33 bits per heavy atom. The van der Waals surface area contributed by atoms with Crippen molar-refractivity contribution < 1.29 is 0 Å². The summed E-state index contributed by atoms with van der Waals surface area (Å²) >= 11 is 0. The Morgan fingerprint density at radius 2 is 2.00 bits per heavy atom. The van der Waals surface area contributed by atoms with Crippen LogP contribution >= 0.6 is 0 Å². The quantitative estimate of drug-likeness (QED) is 0.632. The fraction of sp³-hybridized carbons (Fsp3) is 0.444. The molecule has 0 amide bonds.